The second-order valence-electron chi connectivity index (χ2n) is 8.15. The molecule has 0 aliphatic heterocycles. The Balaban J connectivity index is 0.00000131. The Hall–Kier alpha value is -1.54. The summed E-state index contributed by atoms with van der Waals surface area (Å²) in [5.41, 5.74) is 10.3. The summed E-state index contributed by atoms with van der Waals surface area (Å²) in [6, 6.07) is 0. The fraction of sp³-hybridized carbons (Fsp3) is 0.750. The third kappa shape index (κ3) is 15.0. The van der Waals surface area contributed by atoms with Gasteiger partial charge in [-0.05, 0) is 51.6 Å². The molecule has 0 aromatic heterocycles. The van der Waals surface area contributed by atoms with Gasteiger partial charge < -0.3 is 26.8 Å². The van der Waals surface area contributed by atoms with Gasteiger partial charge in [0.1, 0.15) is 5.78 Å². The minimum atomic E-state index is -0.801. The summed E-state index contributed by atoms with van der Waals surface area (Å²) >= 11 is 0. The summed E-state index contributed by atoms with van der Waals surface area (Å²) in [4.78, 5) is 22.5. The van der Waals surface area contributed by atoms with Crippen molar-refractivity contribution in [3.8, 4) is 0 Å². The van der Waals surface area contributed by atoms with Gasteiger partial charge in [-0.15, -0.1) is 0 Å². The number of ketones is 1. The number of carbonyl (C=O) groups excluding carboxylic acids is 1. The minimum absolute atomic E-state index is 0.0535. The molecule has 4 atom stereocenters. The van der Waals surface area contributed by atoms with E-state index in [0.717, 1.165) is 45.2 Å². The molecule has 0 unspecified atom stereocenters. The number of nitrogens with two attached hydrogens (primary N) is 2. The van der Waals surface area contributed by atoms with Gasteiger partial charge in [0.15, 0.2) is 0 Å². The van der Waals surface area contributed by atoms with Gasteiger partial charge >= 0.3 is 5.97 Å². The van der Waals surface area contributed by atoms with Crippen LogP contribution in [0.2, 0.25) is 0 Å². The Morgan fingerprint density at radius 1 is 1.13 bits per heavy atom. The largest absolute Gasteiger partial charge is 0.481 e. The molecular weight excluding hydrogens is 396 g/mol. The summed E-state index contributed by atoms with van der Waals surface area (Å²) < 4.78 is 0. The van der Waals surface area contributed by atoms with Crippen molar-refractivity contribution in [2.24, 2.45) is 23.3 Å². The zero-order valence-electron chi connectivity index (χ0n) is 19.1. The van der Waals surface area contributed by atoms with Gasteiger partial charge in [0, 0.05) is 24.7 Å². The molecule has 1 saturated carbocycles. The summed E-state index contributed by atoms with van der Waals surface area (Å²) in [5.74, 6) is -1.26. The van der Waals surface area contributed by atoms with Crippen LogP contribution in [-0.4, -0.2) is 52.4 Å². The van der Waals surface area contributed by atoms with Crippen molar-refractivity contribution in [2.75, 3.05) is 13.1 Å². The Morgan fingerprint density at radius 3 is 2.39 bits per heavy atom. The van der Waals surface area contributed by atoms with Crippen molar-refractivity contribution in [2.45, 2.75) is 89.8 Å². The molecule has 0 heterocycles. The zero-order valence-corrected chi connectivity index (χ0v) is 19.1. The number of hydrogen-bond acceptors (Lipinski definition) is 6. The summed E-state index contributed by atoms with van der Waals surface area (Å²) in [5, 5.41) is 28.7. The van der Waals surface area contributed by atoms with Gasteiger partial charge in [-0.1, -0.05) is 50.5 Å². The Labute approximate surface area is 187 Å². The summed E-state index contributed by atoms with van der Waals surface area (Å²) in [6.07, 6.45) is 14.2. The molecule has 0 aromatic rings. The van der Waals surface area contributed by atoms with Crippen LogP contribution in [0.4, 0.5) is 0 Å². The predicted octanol–water partition coefficient (Wildman–Crippen LogP) is 2.94. The smallest absolute Gasteiger partial charge is 0.303 e. The van der Waals surface area contributed by atoms with E-state index in [2.05, 4.69) is 6.92 Å². The van der Waals surface area contributed by atoms with Gasteiger partial charge in [-0.3, -0.25) is 9.59 Å². The van der Waals surface area contributed by atoms with Crippen LogP contribution < -0.4 is 11.5 Å². The number of aliphatic carboxylic acids is 1. The number of rotatable bonds is 15. The first-order valence-electron chi connectivity index (χ1n) is 11.7. The molecule has 0 saturated heterocycles. The molecule has 0 aromatic carbocycles. The number of aliphatic hydroxyl groups excluding tert-OH is 2. The molecule has 1 aliphatic carbocycles. The maximum absolute atomic E-state index is 12.1. The van der Waals surface area contributed by atoms with E-state index < -0.39 is 18.2 Å². The maximum Gasteiger partial charge on any atom is 0.303 e. The molecule has 0 amide bonds. The van der Waals surface area contributed by atoms with Crippen LogP contribution in [0.1, 0.15) is 77.6 Å². The molecule has 7 N–H and O–H groups in total. The van der Waals surface area contributed by atoms with E-state index >= 15 is 0 Å². The van der Waals surface area contributed by atoms with Crippen LogP contribution in [0.25, 0.3) is 0 Å². The first kappa shape index (κ1) is 29.5. The Bertz CT molecular complexity index is 532. The van der Waals surface area contributed by atoms with E-state index in [4.69, 9.17) is 16.6 Å². The highest BCUT2D eigenvalue weighted by molar-refractivity contribution is 5.84. The van der Waals surface area contributed by atoms with E-state index in [9.17, 15) is 19.8 Å². The van der Waals surface area contributed by atoms with Crippen molar-refractivity contribution < 1.29 is 24.9 Å². The molecule has 31 heavy (non-hydrogen) atoms. The first-order chi connectivity index (χ1) is 14.9. The predicted molar refractivity (Wildman–Crippen MR) is 124 cm³/mol. The number of carboxylic acid groups (broad SMARTS) is 1. The van der Waals surface area contributed by atoms with Crippen molar-refractivity contribution in [1.29, 1.82) is 0 Å². The van der Waals surface area contributed by atoms with E-state index in [1.54, 1.807) is 12.2 Å². The fourth-order valence-corrected chi connectivity index (χ4v) is 3.50. The number of hydrogen-bond donors (Lipinski definition) is 5. The monoisotopic (exact) mass is 440 g/mol. The van der Waals surface area contributed by atoms with Gasteiger partial charge in [-0.2, -0.15) is 0 Å². The molecule has 1 fully saturated rings. The van der Waals surface area contributed by atoms with Gasteiger partial charge in [-0.25, -0.2) is 0 Å². The number of allylic oxidation sites excluding steroid dienone is 2. The highest BCUT2D eigenvalue weighted by Crippen LogP contribution is 2.33. The summed E-state index contributed by atoms with van der Waals surface area (Å²) in [6.45, 7) is 3.66. The minimum Gasteiger partial charge on any atom is -0.481 e. The highest BCUT2D eigenvalue weighted by Gasteiger charge is 2.39. The molecule has 0 spiro atoms. The average molecular weight is 441 g/mol. The average Bonchev–Trinajstić information content (AvgIpc) is 3.00. The lowest BCUT2D eigenvalue weighted by Gasteiger charge is -2.16. The Kier molecular flexibility index (Phi) is 18.2. The summed E-state index contributed by atoms with van der Waals surface area (Å²) in [7, 11) is 0. The van der Waals surface area contributed by atoms with E-state index in [1.165, 1.54) is 0 Å². The van der Waals surface area contributed by atoms with E-state index in [1.807, 2.05) is 12.2 Å². The van der Waals surface area contributed by atoms with Crippen molar-refractivity contribution in [1.82, 2.24) is 0 Å². The fourth-order valence-electron chi connectivity index (χ4n) is 3.50. The first-order valence-corrected chi connectivity index (χ1v) is 11.7. The lowest BCUT2D eigenvalue weighted by atomic mass is 9.90. The lowest BCUT2D eigenvalue weighted by molar-refractivity contribution is -0.137. The number of aliphatic hydroxyl groups is 2. The Morgan fingerprint density at radius 2 is 1.81 bits per heavy atom. The lowest BCUT2D eigenvalue weighted by Crippen LogP contribution is -2.18. The quantitative estimate of drug-likeness (QED) is 0.194. The van der Waals surface area contributed by atoms with E-state index in [-0.39, 0.29) is 30.5 Å². The SMILES string of the molecule is CCCCC[C@H](O)/C=C/[C@H]1[C@H](O)CC(=O)[C@@H]1C/C=C\CCCC(=O)O.NCCCCN. The highest BCUT2D eigenvalue weighted by atomic mass is 16.4. The molecular formula is C24H44N2O5. The van der Waals surface area contributed by atoms with Crippen LogP contribution in [0.3, 0.4) is 0 Å². The van der Waals surface area contributed by atoms with Gasteiger partial charge in [0.25, 0.3) is 0 Å². The molecule has 1 rings (SSSR count). The van der Waals surface area contributed by atoms with Crippen LogP contribution in [0, 0.1) is 11.8 Å². The van der Waals surface area contributed by atoms with Crippen molar-refractivity contribution >= 4 is 11.8 Å². The third-order valence-electron chi connectivity index (χ3n) is 5.37. The number of carbonyl (C=O) groups is 2. The number of Topliss-reactive ketones (excluding diaryl/α,β-unsaturated/α-hetero) is 1. The second-order valence-corrected chi connectivity index (χ2v) is 8.15. The second kappa shape index (κ2) is 19.2. The topological polar surface area (TPSA) is 147 Å². The van der Waals surface area contributed by atoms with Crippen molar-refractivity contribution in [3.63, 3.8) is 0 Å². The normalized spacial score (nSPS) is 22.1. The molecule has 0 radical (unpaired) electrons. The van der Waals surface area contributed by atoms with Gasteiger partial charge in [0.2, 0.25) is 0 Å². The molecule has 0 bridgehead atoms. The van der Waals surface area contributed by atoms with Crippen molar-refractivity contribution in [3.05, 3.63) is 24.3 Å². The molecule has 1 aliphatic rings. The number of carboxylic acids is 1. The maximum atomic E-state index is 12.1. The van der Waals surface area contributed by atoms with E-state index in [0.29, 0.717) is 25.7 Å². The van der Waals surface area contributed by atoms with Crippen LogP contribution >= 0.6 is 0 Å². The molecule has 180 valence electrons. The molecule has 7 heteroatoms. The van der Waals surface area contributed by atoms with Crippen LogP contribution in [0.15, 0.2) is 24.3 Å². The number of unbranched alkanes of at least 4 members (excludes halogenated alkanes) is 4. The standard InChI is InChI=1S/C20H32O5.C4H12N2/c1-2-3-6-9-15(21)12-13-17-16(18(22)14-19(17)23)10-7-4-5-8-11-20(24)25;5-3-1-2-4-6/h4,7,12-13,15-17,19,21,23H,2-3,5-6,8-11,14H2,1H3,(H,24,25);1-6H2/b7-4-,13-12+;/t15-,16+,17+,19+;/m0./s1. The van der Waals surface area contributed by atoms with Crippen LogP contribution in [-0.2, 0) is 9.59 Å². The third-order valence-corrected chi connectivity index (χ3v) is 5.37. The zero-order chi connectivity index (χ0) is 23.5. The van der Waals surface area contributed by atoms with Crippen LogP contribution in [0.5, 0.6) is 0 Å². The molecule has 7 nitrogen and oxygen atoms in total. The van der Waals surface area contributed by atoms with Gasteiger partial charge in [0.05, 0.1) is 12.2 Å².